The number of benzene rings is 1. The number of halogens is 2. The van der Waals surface area contributed by atoms with Gasteiger partial charge in [-0.1, -0.05) is 6.07 Å². The second kappa shape index (κ2) is 6.01. The topological polar surface area (TPSA) is 77.4 Å². The monoisotopic (exact) mass is 301 g/mol. The fraction of sp³-hybridized carbons (Fsp3) is 0.182. The van der Waals surface area contributed by atoms with E-state index in [1.165, 1.54) is 7.11 Å². The van der Waals surface area contributed by atoms with Crippen LogP contribution in [0.3, 0.4) is 0 Å². The first-order valence-corrected chi connectivity index (χ1v) is 5.90. The van der Waals surface area contributed by atoms with Gasteiger partial charge in [0.1, 0.15) is 0 Å². The van der Waals surface area contributed by atoms with Crippen molar-refractivity contribution in [2.45, 2.75) is 6.61 Å². The van der Waals surface area contributed by atoms with E-state index < -0.39 is 0 Å². The highest BCUT2D eigenvalue weighted by molar-refractivity contribution is 6.31. The average Bonchev–Trinajstić information content (AvgIpc) is 2.38. The molecular weight excluding hydrogens is 293 g/mol. The van der Waals surface area contributed by atoms with Crippen LogP contribution in [0.1, 0.15) is 5.56 Å². The molecule has 1 aromatic heterocycles. The molecular formula is C11H9Cl2N3O3. The molecule has 0 aliphatic heterocycles. The summed E-state index contributed by atoms with van der Waals surface area (Å²) in [6.45, 7) is -0.0972. The molecule has 19 heavy (non-hydrogen) atoms. The molecule has 1 heterocycles. The molecule has 0 fully saturated rings. The molecule has 0 saturated heterocycles. The number of hydrogen-bond acceptors (Lipinski definition) is 6. The summed E-state index contributed by atoms with van der Waals surface area (Å²) in [4.78, 5) is 11.2. The van der Waals surface area contributed by atoms with Gasteiger partial charge in [-0.25, -0.2) is 0 Å². The Bertz CT molecular complexity index is 575. The van der Waals surface area contributed by atoms with E-state index in [1.54, 1.807) is 18.2 Å². The van der Waals surface area contributed by atoms with Crippen molar-refractivity contribution >= 4 is 23.2 Å². The molecule has 0 unspecified atom stereocenters. The number of aliphatic hydroxyl groups excluding tert-OH is 1. The summed E-state index contributed by atoms with van der Waals surface area (Å²) in [6, 6.07) is 4.90. The van der Waals surface area contributed by atoms with Gasteiger partial charge >= 0.3 is 6.01 Å². The number of ether oxygens (including phenoxy) is 2. The molecule has 0 spiro atoms. The van der Waals surface area contributed by atoms with Crippen molar-refractivity contribution in [1.29, 1.82) is 0 Å². The summed E-state index contributed by atoms with van der Waals surface area (Å²) in [7, 11) is 1.48. The van der Waals surface area contributed by atoms with Crippen molar-refractivity contribution in [2.24, 2.45) is 0 Å². The van der Waals surface area contributed by atoms with E-state index in [0.717, 1.165) is 0 Å². The van der Waals surface area contributed by atoms with E-state index in [-0.39, 0.29) is 23.2 Å². The van der Waals surface area contributed by atoms with Gasteiger partial charge in [-0.15, -0.1) is 0 Å². The second-order valence-electron chi connectivity index (χ2n) is 3.40. The van der Waals surface area contributed by atoms with Crippen LogP contribution in [0.2, 0.25) is 10.6 Å². The van der Waals surface area contributed by atoms with Crippen LogP contribution < -0.4 is 9.47 Å². The van der Waals surface area contributed by atoms with Crippen LogP contribution in [0.25, 0.3) is 0 Å². The number of methoxy groups -OCH3 is 1. The third-order valence-corrected chi connectivity index (χ3v) is 2.51. The highest BCUT2D eigenvalue weighted by Gasteiger charge is 2.10. The highest BCUT2D eigenvalue weighted by atomic mass is 35.5. The average molecular weight is 302 g/mol. The Balaban J connectivity index is 2.32. The smallest absolute Gasteiger partial charge is 0.327 e. The van der Waals surface area contributed by atoms with Gasteiger partial charge in [0.2, 0.25) is 10.6 Å². The zero-order valence-electron chi connectivity index (χ0n) is 9.80. The van der Waals surface area contributed by atoms with Crippen LogP contribution in [0.4, 0.5) is 0 Å². The molecule has 0 saturated carbocycles. The third-order valence-electron chi connectivity index (χ3n) is 2.17. The fourth-order valence-electron chi connectivity index (χ4n) is 1.35. The predicted molar refractivity (Wildman–Crippen MR) is 68.8 cm³/mol. The molecule has 8 heteroatoms. The molecule has 1 aromatic carbocycles. The Hall–Kier alpha value is -1.63. The van der Waals surface area contributed by atoms with Gasteiger partial charge in [0.15, 0.2) is 11.5 Å². The van der Waals surface area contributed by atoms with Gasteiger partial charge in [0.05, 0.1) is 13.7 Å². The first-order valence-electron chi connectivity index (χ1n) is 5.15. The van der Waals surface area contributed by atoms with E-state index in [0.29, 0.717) is 17.1 Å². The number of aliphatic hydroxyl groups is 1. The van der Waals surface area contributed by atoms with Crippen LogP contribution in [-0.2, 0) is 6.61 Å². The van der Waals surface area contributed by atoms with Crippen molar-refractivity contribution in [3.05, 3.63) is 34.3 Å². The quantitative estimate of drug-likeness (QED) is 0.935. The van der Waals surface area contributed by atoms with Gasteiger partial charge in [-0.2, -0.15) is 15.0 Å². The van der Waals surface area contributed by atoms with Crippen LogP contribution in [0, 0.1) is 0 Å². The normalized spacial score (nSPS) is 10.3. The first kappa shape index (κ1) is 13.8. The minimum absolute atomic E-state index is 0.0416. The van der Waals surface area contributed by atoms with Crippen molar-refractivity contribution in [2.75, 3.05) is 7.11 Å². The number of rotatable bonds is 4. The van der Waals surface area contributed by atoms with Crippen LogP contribution in [0.15, 0.2) is 18.2 Å². The predicted octanol–water partition coefficient (Wildman–Crippen LogP) is 2.47. The minimum Gasteiger partial charge on any atom is -0.493 e. The maximum Gasteiger partial charge on any atom is 0.327 e. The summed E-state index contributed by atoms with van der Waals surface area (Å²) in [5.74, 6) is 0.803. The summed E-state index contributed by atoms with van der Waals surface area (Å²) in [5.41, 5.74) is 0.691. The van der Waals surface area contributed by atoms with Gasteiger partial charge in [0.25, 0.3) is 0 Å². The third kappa shape index (κ3) is 3.44. The highest BCUT2D eigenvalue weighted by Crippen LogP contribution is 2.31. The minimum atomic E-state index is -0.0972. The second-order valence-corrected chi connectivity index (χ2v) is 4.08. The van der Waals surface area contributed by atoms with Gasteiger partial charge in [-0.05, 0) is 40.9 Å². The molecule has 100 valence electrons. The van der Waals surface area contributed by atoms with E-state index in [4.69, 9.17) is 37.8 Å². The van der Waals surface area contributed by atoms with E-state index >= 15 is 0 Å². The van der Waals surface area contributed by atoms with Gasteiger partial charge < -0.3 is 14.6 Å². The lowest BCUT2D eigenvalue weighted by atomic mass is 10.2. The van der Waals surface area contributed by atoms with E-state index in [2.05, 4.69) is 15.0 Å². The molecule has 0 aliphatic rings. The molecule has 0 atom stereocenters. The van der Waals surface area contributed by atoms with E-state index in [1.807, 2.05) is 0 Å². The van der Waals surface area contributed by atoms with Gasteiger partial charge in [0, 0.05) is 0 Å². The Kier molecular flexibility index (Phi) is 4.36. The maximum atomic E-state index is 9.05. The zero-order chi connectivity index (χ0) is 13.8. The Morgan fingerprint density at radius 3 is 2.37 bits per heavy atom. The van der Waals surface area contributed by atoms with Crippen LogP contribution in [-0.4, -0.2) is 27.2 Å². The largest absolute Gasteiger partial charge is 0.493 e. The standard InChI is InChI=1S/C11H9Cl2N3O3/c1-18-8-4-6(5-17)2-3-7(8)19-11-15-9(12)14-10(13)16-11/h2-4,17H,5H2,1H3. The molecule has 0 aliphatic carbocycles. The molecule has 0 bridgehead atoms. The van der Waals surface area contributed by atoms with Crippen molar-refractivity contribution in [3.8, 4) is 17.5 Å². The van der Waals surface area contributed by atoms with Crippen molar-refractivity contribution < 1.29 is 14.6 Å². The number of nitrogens with zero attached hydrogens (tertiary/aromatic N) is 3. The van der Waals surface area contributed by atoms with Gasteiger partial charge in [-0.3, -0.25) is 0 Å². The Labute approximate surface area is 119 Å². The molecule has 2 aromatic rings. The number of aromatic nitrogens is 3. The fourth-order valence-corrected chi connectivity index (χ4v) is 1.70. The number of hydrogen-bond donors (Lipinski definition) is 1. The first-order chi connectivity index (χ1) is 9.12. The molecule has 0 amide bonds. The summed E-state index contributed by atoms with van der Waals surface area (Å²) in [5, 5.41) is 8.91. The summed E-state index contributed by atoms with van der Waals surface area (Å²) in [6.07, 6.45) is 0. The molecule has 1 N–H and O–H groups in total. The van der Waals surface area contributed by atoms with Crippen molar-refractivity contribution in [1.82, 2.24) is 15.0 Å². The SMILES string of the molecule is COc1cc(CO)ccc1Oc1nc(Cl)nc(Cl)n1. The lowest BCUT2D eigenvalue weighted by molar-refractivity contribution is 0.280. The lowest BCUT2D eigenvalue weighted by Crippen LogP contribution is -1.97. The lowest BCUT2D eigenvalue weighted by Gasteiger charge is -2.10. The molecule has 0 radical (unpaired) electrons. The molecule has 2 rings (SSSR count). The summed E-state index contributed by atoms with van der Waals surface area (Å²) >= 11 is 11.3. The van der Waals surface area contributed by atoms with Crippen LogP contribution >= 0.6 is 23.2 Å². The Morgan fingerprint density at radius 1 is 1.11 bits per heavy atom. The Morgan fingerprint density at radius 2 is 1.79 bits per heavy atom. The molecule has 6 nitrogen and oxygen atoms in total. The van der Waals surface area contributed by atoms with E-state index in [9.17, 15) is 0 Å². The zero-order valence-corrected chi connectivity index (χ0v) is 11.3. The summed E-state index contributed by atoms with van der Waals surface area (Å²) < 4.78 is 10.6. The maximum absolute atomic E-state index is 9.05. The van der Waals surface area contributed by atoms with Crippen molar-refractivity contribution in [3.63, 3.8) is 0 Å². The van der Waals surface area contributed by atoms with Crippen LogP contribution in [0.5, 0.6) is 17.5 Å².